The zero-order valence-corrected chi connectivity index (χ0v) is 18.4. The quantitative estimate of drug-likeness (QED) is 0.226. The summed E-state index contributed by atoms with van der Waals surface area (Å²) in [5.74, 6) is 0. The Morgan fingerprint density at radius 2 is 1.03 bits per heavy atom. The third kappa shape index (κ3) is 3.22. The summed E-state index contributed by atoms with van der Waals surface area (Å²) < 4.78 is 1.11. The second-order valence-electron chi connectivity index (χ2n) is 7.97. The molecule has 146 valence electrons. The first-order chi connectivity index (χ1) is 15.3. The lowest BCUT2D eigenvalue weighted by atomic mass is 9.94. The van der Waals surface area contributed by atoms with E-state index in [1.807, 2.05) is 0 Å². The smallest absolute Gasteiger partial charge is 0.0181 e. The van der Waals surface area contributed by atoms with E-state index in [0.717, 1.165) is 4.47 Å². The molecule has 0 aliphatic carbocycles. The molecule has 0 aliphatic heterocycles. The molecule has 0 unspecified atom stereocenters. The number of hydrogen-bond acceptors (Lipinski definition) is 0. The fraction of sp³-hybridized carbons (Fsp3) is 0. The lowest BCUT2D eigenvalue weighted by molar-refractivity contribution is 1.62. The van der Waals surface area contributed by atoms with Crippen molar-refractivity contribution >= 4 is 48.2 Å². The van der Waals surface area contributed by atoms with Crippen molar-refractivity contribution in [3.05, 3.63) is 120 Å². The summed E-state index contributed by atoms with van der Waals surface area (Å²) in [6.45, 7) is 0. The molecule has 0 spiro atoms. The molecule has 6 aromatic rings. The highest BCUT2D eigenvalue weighted by atomic mass is 79.9. The fourth-order valence-electron chi connectivity index (χ4n) is 4.54. The predicted molar refractivity (Wildman–Crippen MR) is 138 cm³/mol. The molecule has 0 saturated carbocycles. The molecule has 0 fully saturated rings. The molecule has 0 aromatic heterocycles. The third-order valence-electron chi connectivity index (χ3n) is 6.12. The van der Waals surface area contributed by atoms with E-state index in [-0.39, 0.29) is 0 Å². The molecule has 0 bridgehead atoms. The Labute approximate surface area is 189 Å². The van der Waals surface area contributed by atoms with Crippen molar-refractivity contribution in [2.45, 2.75) is 0 Å². The van der Waals surface area contributed by atoms with Gasteiger partial charge >= 0.3 is 0 Å². The molecule has 6 aromatic carbocycles. The average Bonchev–Trinajstić information content (AvgIpc) is 2.83. The Morgan fingerprint density at radius 3 is 1.87 bits per heavy atom. The molecule has 0 amide bonds. The molecule has 1 heteroatoms. The van der Waals surface area contributed by atoms with E-state index in [2.05, 4.69) is 131 Å². The number of benzene rings is 6. The molecule has 0 heterocycles. The summed E-state index contributed by atoms with van der Waals surface area (Å²) in [6, 6.07) is 41.7. The van der Waals surface area contributed by atoms with Crippen LogP contribution in [0.4, 0.5) is 0 Å². The Bertz CT molecular complexity index is 1570. The van der Waals surface area contributed by atoms with Gasteiger partial charge in [-0.25, -0.2) is 0 Å². The van der Waals surface area contributed by atoms with Crippen LogP contribution in [0.5, 0.6) is 0 Å². The van der Waals surface area contributed by atoms with Gasteiger partial charge in [-0.15, -0.1) is 0 Å². The van der Waals surface area contributed by atoms with Gasteiger partial charge in [0.15, 0.2) is 0 Å². The van der Waals surface area contributed by atoms with Crippen LogP contribution in [0.3, 0.4) is 0 Å². The summed E-state index contributed by atoms with van der Waals surface area (Å²) in [4.78, 5) is 0. The number of hydrogen-bond donors (Lipinski definition) is 0. The minimum Gasteiger partial charge on any atom is -0.0616 e. The molecule has 0 saturated heterocycles. The Morgan fingerprint density at radius 1 is 0.387 bits per heavy atom. The van der Waals surface area contributed by atoms with Gasteiger partial charge in [0.05, 0.1) is 0 Å². The highest BCUT2D eigenvalue weighted by molar-refractivity contribution is 9.10. The van der Waals surface area contributed by atoms with Gasteiger partial charge in [0.2, 0.25) is 0 Å². The van der Waals surface area contributed by atoms with Gasteiger partial charge in [0.1, 0.15) is 0 Å². The Balaban J connectivity index is 1.42. The number of halogens is 1. The number of fused-ring (bicyclic) bond motifs is 4. The van der Waals surface area contributed by atoms with Gasteiger partial charge in [-0.05, 0) is 72.8 Å². The standard InChI is InChI=1S/C30H19Br/c31-26-15-17-30-25(19-26)13-12-24-18-23(14-16-29(24)30)20-8-10-22(11-9-20)28-7-3-5-21-4-1-2-6-27(21)28/h1-19H. The topological polar surface area (TPSA) is 0 Å². The summed E-state index contributed by atoms with van der Waals surface area (Å²) in [7, 11) is 0. The molecular formula is C30H19Br. The van der Waals surface area contributed by atoms with E-state index in [9.17, 15) is 0 Å². The molecule has 0 radical (unpaired) electrons. The van der Waals surface area contributed by atoms with Crippen molar-refractivity contribution in [2.24, 2.45) is 0 Å². The van der Waals surface area contributed by atoms with Crippen LogP contribution in [0.25, 0.3) is 54.6 Å². The average molecular weight is 459 g/mol. The monoisotopic (exact) mass is 458 g/mol. The normalized spacial score (nSPS) is 11.4. The third-order valence-corrected chi connectivity index (χ3v) is 6.61. The maximum atomic E-state index is 3.57. The zero-order valence-electron chi connectivity index (χ0n) is 16.8. The largest absolute Gasteiger partial charge is 0.0616 e. The van der Waals surface area contributed by atoms with E-state index in [0.29, 0.717) is 0 Å². The summed E-state index contributed by atoms with van der Waals surface area (Å²) in [6.07, 6.45) is 0. The first-order valence-corrected chi connectivity index (χ1v) is 11.3. The first kappa shape index (κ1) is 18.4. The van der Waals surface area contributed by atoms with E-state index in [1.165, 1.54) is 54.6 Å². The Kier molecular flexibility index (Phi) is 4.36. The molecule has 0 N–H and O–H groups in total. The van der Waals surface area contributed by atoms with Crippen molar-refractivity contribution in [3.63, 3.8) is 0 Å². The maximum absolute atomic E-state index is 3.57. The van der Waals surface area contributed by atoms with Crippen LogP contribution in [0.2, 0.25) is 0 Å². The zero-order chi connectivity index (χ0) is 20.8. The SMILES string of the molecule is Brc1ccc2c(ccc3cc(-c4ccc(-c5cccc6ccccc56)cc4)ccc32)c1. The summed E-state index contributed by atoms with van der Waals surface area (Å²) >= 11 is 3.57. The van der Waals surface area contributed by atoms with Crippen molar-refractivity contribution in [2.75, 3.05) is 0 Å². The highest BCUT2D eigenvalue weighted by Crippen LogP contribution is 2.33. The second kappa shape index (κ2) is 7.37. The van der Waals surface area contributed by atoms with Crippen LogP contribution in [0.1, 0.15) is 0 Å². The molecule has 6 rings (SSSR count). The molecule has 0 atom stereocenters. The van der Waals surface area contributed by atoms with Gasteiger partial charge in [-0.3, -0.25) is 0 Å². The van der Waals surface area contributed by atoms with Gasteiger partial charge in [0, 0.05) is 4.47 Å². The van der Waals surface area contributed by atoms with Crippen LogP contribution in [-0.2, 0) is 0 Å². The van der Waals surface area contributed by atoms with E-state index in [1.54, 1.807) is 0 Å². The van der Waals surface area contributed by atoms with E-state index >= 15 is 0 Å². The molecule has 0 nitrogen and oxygen atoms in total. The van der Waals surface area contributed by atoms with Crippen LogP contribution in [0.15, 0.2) is 120 Å². The van der Waals surface area contributed by atoms with Crippen LogP contribution in [-0.4, -0.2) is 0 Å². The summed E-state index contributed by atoms with van der Waals surface area (Å²) in [5, 5.41) is 7.68. The highest BCUT2D eigenvalue weighted by Gasteiger charge is 2.06. The molecular weight excluding hydrogens is 440 g/mol. The number of rotatable bonds is 2. The van der Waals surface area contributed by atoms with Crippen molar-refractivity contribution in [3.8, 4) is 22.3 Å². The van der Waals surface area contributed by atoms with Crippen molar-refractivity contribution in [1.29, 1.82) is 0 Å². The Hall–Kier alpha value is -3.42. The minimum absolute atomic E-state index is 1.11. The first-order valence-electron chi connectivity index (χ1n) is 10.5. The van der Waals surface area contributed by atoms with Crippen LogP contribution in [0, 0.1) is 0 Å². The van der Waals surface area contributed by atoms with Crippen LogP contribution < -0.4 is 0 Å². The van der Waals surface area contributed by atoms with Crippen LogP contribution >= 0.6 is 15.9 Å². The van der Waals surface area contributed by atoms with E-state index in [4.69, 9.17) is 0 Å². The van der Waals surface area contributed by atoms with Crippen molar-refractivity contribution in [1.82, 2.24) is 0 Å². The minimum atomic E-state index is 1.11. The van der Waals surface area contributed by atoms with Gasteiger partial charge in [0.25, 0.3) is 0 Å². The lowest BCUT2D eigenvalue weighted by Gasteiger charge is -2.10. The van der Waals surface area contributed by atoms with Gasteiger partial charge in [-0.1, -0.05) is 113 Å². The summed E-state index contributed by atoms with van der Waals surface area (Å²) in [5.41, 5.74) is 5.01. The van der Waals surface area contributed by atoms with Gasteiger partial charge in [-0.2, -0.15) is 0 Å². The van der Waals surface area contributed by atoms with Gasteiger partial charge < -0.3 is 0 Å². The predicted octanol–water partition coefficient (Wildman–Crippen LogP) is 9.24. The maximum Gasteiger partial charge on any atom is 0.0181 e. The van der Waals surface area contributed by atoms with E-state index < -0.39 is 0 Å². The second-order valence-corrected chi connectivity index (χ2v) is 8.89. The molecule has 31 heavy (non-hydrogen) atoms. The lowest BCUT2D eigenvalue weighted by Crippen LogP contribution is -1.84. The van der Waals surface area contributed by atoms with Crippen molar-refractivity contribution < 1.29 is 0 Å². The molecule has 0 aliphatic rings. The fourth-order valence-corrected chi connectivity index (χ4v) is 4.92.